The van der Waals surface area contributed by atoms with Gasteiger partial charge in [-0.1, -0.05) is 18.2 Å². The molecule has 0 radical (unpaired) electrons. The molecular formula is C16H20N2O4. The number of rotatable bonds is 6. The Morgan fingerprint density at radius 3 is 2.86 bits per heavy atom. The van der Waals surface area contributed by atoms with Crippen LogP contribution in [0, 0.1) is 5.92 Å². The molecule has 2 amide bonds. The molecule has 2 N–H and O–H groups in total. The fraction of sp³-hybridized carbons (Fsp3) is 0.438. The average molecular weight is 304 g/mol. The minimum Gasteiger partial charge on any atom is -0.469 e. The van der Waals surface area contributed by atoms with Crippen LogP contribution >= 0.6 is 0 Å². The standard InChI is InChI=1S/C16H20N2O4/c1-22-15(20)8-9-17-14(19)7-6-12-10-11-4-2-3-5-13(11)18-16(12)21/h2-5,12H,6-10H2,1H3,(H,17,19)(H,18,21). The smallest absolute Gasteiger partial charge is 0.307 e. The highest BCUT2D eigenvalue weighted by atomic mass is 16.5. The van der Waals surface area contributed by atoms with Gasteiger partial charge in [-0.25, -0.2) is 0 Å². The lowest BCUT2D eigenvalue weighted by atomic mass is 9.89. The Hall–Kier alpha value is -2.37. The number of hydrogen-bond acceptors (Lipinski definition) is 4. The molecule has 0 saturated carbocycles. The predicted octanol–water partition coefficient (Wildman–Crippen LogP) is 1.26. The van der Waals surface area contributed by atoms with Crippen LogP contribution in [0.4, 0.5) is 5.69 Å². The van der Waals surface area contributed by atoms with Crippen molar-refractivity contribution in [2.75, 3.05) is 19.0 Å². The van der Waals surface area contributed by atoms with Gasteiger partial charge in [0.2, 0.25) is 11.8 Å². The molecule has 6 heteroatoms. The minimum absolute atomic E-state index is 0.0407. The number of anilines is 1. The second-order valence-electron chi connectivity index (χ2n) is 5.26. The van der Waals surface area contributed by atoms with Crippen LogP contribution < -0.4 is 10.6 Å². The molecule has 1 aromatic carbocycles. The summed E-state index contributed by atoms with van der Waals surface area (Å²) in [4.78, 5) is 34.7. The molecule has 0 bridgehead atoms. The summed E-state index contributed by atoms with van der Waals surface area (Å²) in [6, 6.07) is 7.68. The third-order valence-electron chi connectivity index (χ3n) is 3.71. The minimum atomic E-state index is -0.358. The van der Waals surface area contributed by atoms with Crippen molar-refractivity contribution < 1.29 is 19.1 Å². The van der Waals surface area contributed by atoms with Gasteiger partial charge in [0.15, 0.2) is 0 Å². The maximum Gasteiger partial charge on any atom is 0.307 e. The molecule has 1 aliphatic heterocycles. The van der Waals surface area contributed by atoms with E-state index in [1.165, 1.54) is 7.11 Å². The molecule has 118 valence electrons. The molecule has 1 aromatic rings. The molecule has 1 atom stereocenters. The van der Waals surface area contributed by atoms with Gasteiger partial charge >= 0.3 is 5.97 Å². The molecule has 0 aliphatic carbocycles. The van der Waals surface area contributed by atoms with Crippen molar-refractivity contribution >= 4 is 23.5 Å². The van der Waals surface area contributed by atoms with E-state index in [1.54, 1.807) is 0 Å². The zero-order valence-electron chi connectivity index (χ0n) is 12.6. The SMILES string of the molecule is COC(=O)CCNC(=O)CCC1Cc2ccccc2NC1=O. The number of benzene rings is 1. The van der Waals surface area contributed by atoms with Crippen molar-refractivity contribution in [3.05, 3.63) is 29.8 Å². The van der Waals surface area contributed by atoms with Crippen molar-refractivity contribution in [3.8, 4) is 0 Å². The highest BCUT2D eigenvalue weighted by Gasteiger charge is 2.26. The first-order valence-corrected chi connectivity index (χ1v) is 7.32. The summed E-state index contributed by atoms with van der Waals surface area (Å²) < 4.78 is 4.49. The van der Waals surface area contributed by atoms with E-state index >= 15 is 0 Å². The summed E-state index contributed by atoms with van der Waals surface area (Å²) in [5, 5.41) is 5.52. The van der Waals surface area contributed by atoms with Crippen molar-refractivity contribution in [3.63, 3.8) is 0 Å². The molecule has 1 aliphatic rings. The van der Waals surface area contributed by atoms with Gasteiger partial charge in [0.05, 0.1) is 13.5 Å². The molecule has 0 aromatic heterocycles. The van der Waals surface area contributed by atoms with Crippen LogP contribution in [-0.4, -0.2) is 31.4 Å². The zero-order valence-corrected chi connectivity index (χ0v) is 12.6. The first kappa shape index (κ1) is 16.0. The van der Waals surface area contributed by atoms with E-state index in [1.807, 2.05) is 24.3 Å². The zero-order chi connectivity index (χ0) is 15.9. The summed E-state index contributed by atoms with van der Waals surface area (Å²) >= 11 is 0. The topological polar surface area (TPSA) is 84.5 Å². The number of carbonyl (C=O) groups is 3. The number of ether oxygens (including phenoxy) is 1. The molecule has 0 fully saturated rings. The Bertz CT molecular complexity index is 571. The normalized spacial score (nSPS) is 16.4. The molecule has 0 spiro atoms. The number of esters is 1. The number of para-hydroxylation sites is 1. The Kier molecular flexibility index (Phi) is 5.52. The lowest BCUT2D eigenvalue weighted by Crippen LogP contribution is -2.32. The number of fused-ring (bicyclic) bond motifs is 1. The summed E-state index contributed by atoms with van der Waals surface area (Å²) in [5.74, 6) is -0.749. The second-order valence-corrected chi connectivity index (χ2v) is 5.26. The number of amides is 2. The molecule has 6 nitrogen and oxygen atoms in total. The van der Waals surface area contributed by atoms with Gasteiger partial charge in [0.1, 0.15) is 0 Å². The van der Waals surface area contributed by atoms with Crippen molar-refractivity contribution in [2.24, 2.45) is 5.92 Å². The first-order chi connectivity index (χ1) is 10.6. The second kappa shape index (κ2) is 7.59. The Morgan fingerprint density at radius 1 is 1.32 bits per heavy atom. The average Bonchev–Trinajstić information content (AvgIpc) is 2.52. The van der Waals surface area contributed by atoms with Crippen LogP contribution in [0.25, 0.3) is 0 Å². The largest absolute Gasteiger partial charge is 0.469 e. The Labute approximate surface area is 129 Å². The van der Waals surface area contributed by atoms with E-state index in [-0.39, 0.29) is 43.1 Å². The first-order valence-electron chi connectivity index (χ1n) is 7.32. The van der Waals surface area contributed by atoms with E-state index in [9.17, 15) is 14.4 Å². The van der Waals surface area contributed by atoms with Crippen LogP contribution in [0.3, 0.4) is 0 Å². The van der Waals surface area contributed by atoms with Gasteiger partial charge in [0.25, 0.3) is 0 Å². The monoisotopic (exact) mass is 304 g/mol. The van der Waals surface area contributed by atoms with Gasteiger partial charge in [-0.3, -0.25) is 14.4 Å². The van der Waals surface area contributed by atoms with Crippen LogP contribution in [0.15, 0.2) is 24.3 Å². The van der Waals surface area contributed by atoms with Crippen molar-refractivity contribution in [2.45, 2.75) is 25.7 Å². The fourth-order valence-electron chi connectivity index (χ4n) is 2.45. The molecule has 1 heterocycles. The van der Waals surface area contributed by atoms with Crippen LogP contribution in [0.5, 0.6) is 0 Å². The van der Waals surface area contributed by atoms with E-state index < -0.39 is 0 Å². The summed E-state index contributed by atoms with van der Waals surface area (Å²) in [6.45, 7) is 0.255. The third-order valence-corrected chi connectivity index (χ3v) is 3.71. The molecule has 1 unspecified atom stereocenters. The van der Waals surface area contributed by atoms with Gasteiger partial charge in [-0.15, -0.1) is 0 Å². The maximum absolute atomic E-state index is 12.0. The van der Waals surface area contributed by atoms with Gasteiger partial charge in [-0.05, 0) is 24.5 Å². The fourth-order valence-corrected chi connectivity index (χ4v) is 2.45. The number of methoxy groups -OCH3 is 1. The molecular weight excluding hydrogens is 284 g/mol. The summed E-state index contributed by atoms with van der Waals surface area (Å²) in [5.41, 5.74) is 1.95. The number of carbonyl (C=O) groups excluding carboxylic acids is 3. The Balaban J connectivity index is 1.76. The van der Waals surface area contributed by atoms with Crippen molar-refractivity contribution in [1.29, 1.82) is 0 Å². The van der Waals surface area contributed by atoms with Gasteiger partial charge < -0.3 is 15.4 Å². The van der Waals surface area contributed by atoms with Gasteiger partial charge in [0, 0.05) is 24.6 Å². The lowest BCUT2D eigenvalue weighted by Gasteiger charge is -2.24. The number of nitrogens with one attached hydrogen (secondary N) is 2. The van der Waals surface area contributed by atoms with Crippen LogP contribution in [0.1, 0.15) is 24.8 Å². The highest BCUT2D eigenvalue weighted by molar-refractivity contribution is 5.96. The summed E-state index contributed by atoms with van der Waals surface area (Å²) in [6.07, 6.45) is 1.56. The molecule has 0 saturated heterocycles. The van der Waals surface area contributed by atoms with E-state index in [4.69, 9.17) is 0 Å². The summed E-state index contributed by atoms with van der Waals surface area (Å²) in [7, 11) is 1.31. The van der Waals surface area contributed by atoms with Crippen LogP contribution in [0.2, 0.25) is 0 Å². The lowest BCUT2D eigenvalue weighted by molar-refractivity contribution is -0.140. The van der Waals surface area contributed by atoms with Crippen LogP contribution in [-0.2, 0) is 25.5 Å². The third kappa shape index (κ3) is 4.31. The van der Waals surface area contributed by atoms with E-state index in [0.29, 0.717) is 12.8 Å². The highest BCUT2D eigenvalue weighted by Crippen LogP contribution is 2.27. The Morgan fingerprint density at radius 2 is 2.09 bits per heavy atom. The van der Waals surface area contributed by atoms with E-state index in [2.05, 4.69) is 15.4 Å². The van der Waals surface area contributed by atoms with E-state index in [0.717, 1.165) is 11.3 Å². The molecule has 2 rings (SSSR count). The quantitative estimate of drug-likeness (QED) is 0.775. The maximum atomic E-state index is 12.0. The predicted molar refractivity (Wildman–Crippen MR) is 81.1 cm³/mol. The number of hydrogen-bond donors (Lipinski definition) is 2. The van der Waals surface area contributed by atoms with Crippen molar-refractivity contribution in [1.82, 2.24) is 5.32 Å². The molecule has 22 heavy (non-hydrogen) atoms. The van der Waals surface area contributed by atoms with Gasteiger partial charge in [-0.2, -0.15) is 0 Å².